The minimum atomic E-state index is -1.61. The molecule has 8 nitrogen and oxygen atoms in total. The van der Waals surface area contributed by atoms with Gasteiger partial charge in [-0.25, -0.2) is 13.9 Å². The van der Waals surface area contributed by atoms with Crippen LogP contribution in [0, 0.1) is 0 Å². The molecule has 0 fully saturated rings. The number of carbonyl (C=O) groups excluding carboxylic acids is 1. The summed E-state index contributed by atoms with van der Waals surface area (Å²) in [5.74, 6) is -0.485. The van der Waals surface area contributed by atoms with Crippen LogP contribution in [0.5, 0.6) is 0 Å². The molecule has 3 aromatic heterocycles. The van der Waals surface area contributed by atoms with E-state index in [0.717, 1.165) is 6.42 Å². The quantitative estimate of drug-likeness (QED) is 0.487. The van der Waals surface area contributed by atoms with Gasteiger partial charge in [-0.05, 0) is 33.3 Å². The Morgan fingerprint density at radius 1 is 1.32 bits per heavy atom. The fourth-order valence-electron chi connectivity index (χ4n) is 2.83. The highest BCUT2D eigenvalue weighted by atomic mass is 35.5. The van der Waals surface area contributed by atoms with Gasteiger partial charge in [-0.2, -0.15) is 5.10 Å². The number of alkyl halides is 1. The smallest absolute Gasteiger partial charge is 0.255 e. The third-order valence-electron chi connectivity index (χ3n) is 4.97. The molecule has 0 aromatic carbocycles. The third-order valence-corrected chi connectivity index (χ3v) is 5.17. The number of fused-ring (bicyclic) bond motifs is 1. The van der Waals surface area contributed by atoms with Gasteiger partial charge in [0.05, 0.1) is 52.1 Å². The van der Waals surface area contributed by atoms with Gasteiger partial charge in [0.15, 0.2) is 5.65 Å². The summed E-state index contributed by atoms with van der Waals surface area (Å²) in [5.41, 5.74) is 1.12. The number of nitrogens with zero attached hydrogens (tertiary/aromatic N) is 4. The number of rotatable bonds is 8. The summed E-state index contributed by atoms with van der Waals surface area (Å²) in [6, 6.07) is 1.84. The third kappa shape index (κ3) is 5.29. The van der Waals surface area contributed by atoms with Crippen LogP contribution in [-0.2, 0) is 0 Å². The lowest BCUT2D eigenvalue weighted by Crippen LogP contribution is -2.42. The number of aromatic nitrogens is 4. The highest BCUT2D eigenvalue weighted by Crippen LogP contribution is 2.27. The Hall–Kier alpha value is -2.78. The summed E-state index contributed by atoms with van der Waals surface area (Å²) in [5, 5.41) is 20.3. The monoisotopic (exact) mass is 448 g/mol. The van der Waals surface area contributed by atoms with Gasteiger partial charge in [-0.15, -0.1) is 0 Å². The average molecular weight is 449 g/mol. The van der Waals surface area contributed by atoms with Crippen molar-refractivity contribution >= 4 is 28.8 Å². The molecule has 166 valence electrons. The Morgan fingerprint density at radius 2 is 2.06 bits per heavy atom. The van der Waals surface area contributed by atoms with Gasteiger partial charge in [-0.3, -0.25) is 9.78 Å². The van der Waals surface area contributed by atoms with Crippen LogP contribution in [0.25, 0.3) is 16.9 Å². The lowest BCUT2D eigenvalue weighted by Gasteiger charge is -2.23. The van der Waals surface area contributed by atoms with E-state index in [1.165, 1.54) is 26.2 Å². The van der Waals surface area contributed by atoms with Gasteiger partial charge in [0.1, 0.15) is 6.17 Å². The molecule has 0 spiro atoms. The molecule has 1 unspecified atom stereocenters. The number of anilines is 1. The molecule has 0 radical (unpaired) electrons. The average Bonchev–Trinajstić information content (AvgIpc) is 3.13. The number of halogens is 2. The van der Waals surface area contributed by atoms with Crippen molar-refractivity contribution in [2.45, 2.75) is 51.9 Å². The normalized spacial score (nSPS) is 13.8. The van der Waals surface area contributed by atoms with Crippen molar-refractivity contribution in [2.75, 3.05) is 11.9 Å². The molecule has 3 heterocycles. The lowest BCUT2D eigenvalue weighted by molar-refractivity contribution is -0.00177. The SMILES string of the molecule is CC[C@@H](C)Nc1cc(-c2cnn3cc(Cl)cnc23)ncc1C(=O)NCC(F)C(C)(C)O. The van der Waals surface area contributed by atoms with E-state index in [1.807, 2.05) is 13.8 Å². The van der Waals surface area contributed by atoms with Crippen molar-refractivity contribution in [3.8, 4) is 11.3 Å². The molecule has 3 N–H and O–H groups in total. The molecule has 0 aliphatic carbocycles. The molecule has 0 saturated carbocycles. The summed E-state index contributed by atoms with van der Waals surface area (Å²) < 4.78 is 15.6. The van der Waals surface area contributed by atoms with Crippen molar-refractivity contribution in [1.29, 1.82) is 0 Å². The molecule has 0 aliphatic heterocycles. The molecular weight excluding hydrogens is 423 g/mol. The van der Waals surface area contributed by atoms with Crippen molar-refractivity contribution in [1.82, 2.24) is 24.9 Å². The van der Waals surface area contributed by atoms with Crippen LogP contribution >= 0.6 is 11.6 Å². The van der Waals surface area contributed by atoms with Crippen molar-refractivity contribution in [2.24, 2.45) is 0 Å². The van der Waals surface area contributed by atoms with Crippen molar-refractivity contribution in [3.63, 3.8) is 0 Å². The number of amides is 1. The van der Waals surface area contributed by atoms with E-state index in [1.54, 1.807) is 23.0 Å². The summed E-state index contributed by atoms with van der Waals surface area (Å²) in [4.78, 5) is 21.5. The van der Waals surface area contributed by atoms with Crippen LogP contribution < -0.4 is 10.6 Å². The Balaban J connectivity index is 1.94. The minimum absolute atomic E-state index is 0.0907. The zero-order valence-electron chi connectivity index (χ0n) is 17.9. The molecule has 1 amide bonds. The molecule has 3 rings (SSSR count). The molecular formula is C21H26ClFN6O2. The highest BCUT2D eigenvalue weighted by Gasteiger charge is 2.27. The second-order valence-electron chi connectivity index (χ2n) is 8.00. The molecule has 10 heteroatoms. The van der Waals surface area contributed by atoms with Gasteiger partial charge in [0.2, 0.25) is 0 Å². The van der Waals surface area contributed by atoms with Crippen LogP contribution in [0.4, 0.5) is 10.1 Å². The van der Waals surface area contributed by atoms with Gasteiger partial charge < -0.3 is 15.7 Å². The molecule has 31 heavy (non-hydrogen) atoms. The predicted molar refractivity (Wildman–Crippen MR) is 118 cm³/mol. The van der Waals surface area contributed by atoms with E-state index in [-0.39, 0.29) is 18.2 Å². The van der Waals surface area contributed by atoms with Crippen molar-refractivity contribution in [3.05, 3.63) is 41.4 Å². The fraction of sp³-hybridized carbons (Fsp3) is 0.429. The Bertz CT molecular complexity index is 1080. The first-order chi connectivity index (χ1) is 14.6. The fourth-order valence-corrected chi connectivity index (χ4v) is 2.97. The maximum Gasteiger partial charge on any atom is 0.255 e. The zero-order valence-corrected chi connectivity index (χ0v) is 18.6. The number of pyridine rings is 1. The van der Waals surface area contributed by atoms with E-state index in [9.17, 15) is 14.3 Å². The molecule has 3 aromatic rings. The summed E-state index contributed by atoms with van der Waals surface area (Å²) in [6.45, 7) is 6.41. The zero-order chi connectivity index (χ0) is 22.8. The Kier molecular flexibility index (Phi) is 6.76. The van der Waals surface area contributed by atoms with Gasteiger partial charge in [0.25, 0.3) is 5.91 Å². The first-order valence-corrected chi connectivity index (χ1v) is 10.4. The second kappa shape index (κ2) is 9.15. The maximum atomic E-state index is 14.1. The number of nitrogens with one attached hydrogen (secondary N) is 2. The van der Waals surface area contributed by atoms with E-state index in [0.29, 0.717) is 27.6 Å². The maximum absolute atomic E-state index is 14.1. The van der Waals surface area contributed by atoms with Gasteiger partial charge >= 0.3 is 0 Å². The number of hydrogen-bond acceptors (Lipinski definition) is 6. The Morgan fingerprint density at radius 3 is 2.74 bits per heavy atom. The summed E-state index contributed by atoms with van der Waals surface area (Å²) >= 11 is 5.97. The van der Waals surface area contributed by atoms with Crippen LogP contribution in [0.1, 0.15) is 44.5 Å². The number of hydrogen-bond donors (Lipinski definition) is 3. The first-order valence-electron chi connectivity index (χ1n) is 10.0. The van der Waals surface area contributed by atoms with E-state index in [2.05, 4.69) is 25.7 Å². The highest BCUT2D eigenvalue weighted by molar-refractivity contribution is 6.30. The predicted octanol–water partition coefficient (Wildman–Crippen LogP) is 3.49. The number of aliphatic hydroxyl groups is 1. The molecule has 0 bridgehead atoms. The second-order valence-corrected chi connectivity index (χ2v) is 8.44. The molecule has 0 aliphatic rings. The summed E-state index contributed by atoms with van der Waals surface area (Å²) in [6.07, 6.45) is 5.46. The van der Waals surface area contributed by atoms with E-state index in [4.69, 9.17) is 11.6 Å². The topological polar surface area (TPSA) is 104 Å². The Labute approximate surface area is 184 Å². The molecule has 2 atom stereocenters. The van der Waals surface area contributed by atoms with Gasteiger partial charge in [0, 0.05) is 18.4 Å². The lowest BCUT2D eigenvalue weighted by atomic mass is 10.0. The van der Waals surface area contributed by atoms with Crippen molar-refractivity contribution < 1.29 is 14.3 Å². The van der Waals surface area contributed by atoms with Crippen LogP contribution in [0.15, 0.2) is 30.9 Å². The van der Waals surface area contributed by atoms with Crippen LogP contribution in [-0.4, -0.2) is 55.0 Å². The first kappa shape index (κ1) is 22.9. The van der Waals surface area contributed by atoms with Crippen LogP contribution in [0.3, 0.4) is 0 Å². The van der Waals surface area contributed by atoms with Gasteiger partial charge in [-0.1, -0.05) is 18.5 Å². The number of carbonyl (C=O) groups is 1. The molecule has 0 saturated heterocycles. The van der Waals surface area contributed by atoms with E-state index < -0.39 is 17.7 Å². The summed E-state index contributed by atoms with van der Waals surface area (Å²) in [7, 11) is 0. The standard InChI is InChI=1S/C21H26ClFN6O2/c1-5-12(2)28-17-6-16(14-9-27-29-11-13(22)7-25-19(14)29)24-8-15(17)20(30)26-10-18(23)21(3,4)31/h6-9,11-12,18,31H,5,10H2,1-4H3,(H,24,28)(H,26,30)/t12-,18?/m1/s1. The van der Waals surface area contributed by atoms with E-state index >= 15 is 0 Å². The largest absolute Gasteiger partial charge is 0.387 e. The minimum Gasteiger partial charge on any atom is -0.387 e. The van der Waals surface area contributed by atoms with Crippen LogP contribution in [0.2, 0.25) is 5.02 Å².